The molecule has 3 rings (SSSR count). The molecule has 3 aromatic carbocycles. The summed E-state index contributed by atoms with van der Waals surface area (Å²) < 4.78 is 5.31. The molecule has 1 N–H and O–H groups in total. The summed E-state index contributed by atoms with van der Waals surface area (Å²) >= 11 is 0. The number of carbonyl (C=O) groups excluding carboxylic acids is 3. The van der Waals surface area contributed by atoms with Gasteiger partial charge in [-0.25, -0.2) is 4.79 Å². The number of ether oxygens (including phenoxy) is 1. The van der Waals surface area contributed by atoms with Crippen molar-refractivity contribution in [1.29, 1.82) is 0 Å². The first-order valence-electron chi connectivity index (χ1n) is 9.23. The van der Waals surface area contributed by atoms with E-state index in [1.165, 1.54) is 13.0 Å². The summed E-state index contributed by atoms with van der Waals surface area (Å²) in [4.78, 5) is 37.8. The Kier molecular flexibility index (Phi) is 6.19. The second-order valence-electron chi connectivity index (χ2n) is 6.64. The molecule has 0 spiro atoms. The fourth-order valence-corrected chi connectivity index (χ4v) is 2.76. The highest BCUT2D eigenvalue weighted by molar-refractivity contribution is 6.14. The smallest absolute Gasteiger partial charge is 0.339 e. The van der Waals surface area contributed by atoms with Gasteiger partial charge in [0, 0.05) is 16.8 Å². The maximum atomic E-state index is 12.9. The van der Waals surface area contributed by atoms with E-state index in [1.54, 1.807) is 54.6 Å². The summed E-state index contributed by atoms with van der Waals surface area (Å²) in [5.74, 6) is -1.46. The van der Waals surface area contributed by atoms with Crippen molar-refractivity contribution in [2.45, 2.75) is 20.0 Å². The Balaban J connectivity index is 1.75. The maximum Gasteiger partial charge on any atom is 0.339 e. The highest BCUT2D eigenvalue weighted by Crippen LogP contribution is 2.17. The van der Waals surface area contributed by atoms with Crippen LogP contribution in [0.5, 0.6) is 0 Å². The minimum atomic E-state index is -1.02. The number of ketones is 1. The molecule has 0 aliphatic rings. The van der Waals surface area contributed by atoms with Gasteiger partial charge in [-0.05, 0) is 32.0 Å². The number of nitrogens with one attached hydrogen (secondary N) is 1. The summed E-state index contributed by atoms with van der Waals surface area (Å²) in [5, 5.41) is 2.68. The van der Waals surface area contributed by atoms with Gasteiger partial charge in [-0.15, -0.1) is 0 Å². The van der Waals surface area contributed by atoms with Gasteiger partial charge in [-0.3, -0.25) is 9.59 Å². The molecular formula is C24H21NO4. The van der Waals surface area contributed by atoms with E-state index in [0.717, 1.165) is 5.56 Å². The number of rotatable bonds is 6. The van der Waals surface area contributed by atoms with E-state index >= 15 is 0 Å². The van der Waals surface area contributed by atoms with E-state index in [9.17, 15) is 14.4 Å². The molecule has 1 amide bonds. The zero-order chi connectivity index (χ0) is 20.8. The number of aryl methyl sites for hydroxylation is 1. The van der Waals surface area contributed by atoms with Crippen LogP contribution in [0.3, 0.4) is 0 Å². The number of para-hydroxylation sites is 1. The van der Waals surface area contributed by atoms with Crippen LogP contribution in [0.2, 0.25) is 0 Å². The zero-order valence-electron chi connectivity index (χ0n) is 16.2. The fraction of sp³-hybridized carbons (Fsp3) is 0.125. The number of anilines is 1. The van der Waals surface area contributed by atoms with E-state index in [2.05, 4.69) is 5.32 Å². The lowest BCUT2D eigenvalue weighted by molar-refractivity contribution is -0.123. The Hall–Kier alpha value is -3.73. The van der Waals surface area contributed by atoms with Crippen molar-refractivity contribution in [3.8, 4) is 0 Å². The van der Waals surface area contributed by atoms with Crippen molar-refractivity contribution in [2.75, 3.05) is 5.32 Å². The molecule has 0 fully saturated rings. The minimum Gasteiger partial charge on any atom is -0.449 e. The van der Waals surface area contributed by atoms with Gasteiger partial charge < -0.3 is 10.1 Å². The molecule has 0 radical (unpaired) electrons. The Labute approximate surface area is 169 Å². The molecule has 146 valence electrons. The summed E-state index contributed by atoms with van der Waals surface area (Å²) in [6.45, 7) is 3.42. The second-order valence-corrected chi connectivity index (χ2v) is 6.64. The van der Waals surface area contributed by atoms with Crippen LogP contribution in [-0.2, 0) is 9.53 Å². The lowest BCUT2D eigenvalue weighted by atomic mass is 9.98. The van der Waals surface area contributed by atoms with Gasteiger partial charge in [0.05, 0.1) is 5.56 Å². The average molecular weight is 387 g/mol. The Morgan fingerprint density at radius 2 is 1.38 bits per heavy atom. The summed E-state index contributed by atoms with van der Waals surface area (Å²) in [5.41, 5.74) is 2.48. The molecule has 5 nitrogen and oxygen atoms in total. The molecule has 29 heavy (non-hydrogen) atoms. The van der Waals surface area contributed by atoms with E-state index in [1.807, 2.05) is 25.1 Å². The number of hydrogen-bond donors (Lipinski definition) is 1. The maximum absolute atomic E-state index is 12.9. The van der Waals surface area contributed by atoms with Gasteiger partial charge in [0.15, 0.2) is 11.9 Å². The lowest BCUT2D eigenvalue weighted by Crippen LogP contribution is -2.30. The molecule has 1 atom stereocenters. The number of hydrogen-bond acceptors (Lipinski definition) is 4. The van der Waals surface area contributed by atoms with Crippen LogP contribution in [0.1, 0.15) is 38.8 Å². The zero-order valence-corrected chi connectivity index (χ0v) is 16.2. The predicted molar refractivity (Wildman–Crippen MR) is 111 cm³/mol. The van der Waals surface area contributed by atoms with Gasteiger partial charge in [0.25, 0.3) is 5.91 Å². The molecule has 0 aliphatic carbocycles. The summed E-state index contributed by atoms with van der Waals surface area (Å²) in [7, 11) is 0. The molecule has 0 heterocycles. The van der Waals surface area contributed by atoms with Crippen LogP contribution in [0.4, 0.5) is 5.69 Å². The number of esters is 1. The topological polar surface area (TPSA) is 72.5 Å². The van der Waals surface area contributed by atoms with Crippen LogP contribution in [-0.4, -0.2) is 23.8 Å². The molecule has 0 aromatic heterocycles. The van der Waals surface area contributed by atoms with Gasteiger partial charge >= 0.3 is 5.97 Å². The molecule has 0 aliphatic heterocycles. The average Bonchev–Trinajstić information content (AvgIpc) is 2.74. The molecular weight excluding hydrogens is 366 g/mol. The number of amides is 1. The highest BCUT2D eigenvalue weighted by Gasteiger charge is 2.23. The van der Waals surface area contributed by atoms with Crippen molar-refractivity contribution >= 4 is 23.3 Å². The molecule has 0 saturated carbocycles. The Morgan fingerprint density at radius 3 is 2.03 bits per heavy atom. The van der Waals surface area contributed by atoms with Crippen molar-refractivity contribution in [3.63, 3.8) is 0 Å². The lowest BCUT2D eigenvalue weighted by Gasteiger charge is -2.15. The molecule has 0 unspecified atom stereocenters. The van der Waals surface area contributed by atoms with E-state index in [0.29, 0.717) is 11.3 Å². The molecule has 3 aromatic rings. The third-order valence-corrected chi connectivity index (χ3v) is 4.40. The second kappa shape index (κ2) is 8.97. The van der Waals surface area contributed by atoms with Crippen LogP contribution >= 0.6 is 0 Å². The standard InChI is InChI=1S/C24H21NO4/c1-16-12-14-18(15-13-16)22(26)20-10-6-7-11-21(20)24(28)29-17(2)23(27)25-19-8-4-3-5-9-19/h3-15,17H,1-2H3,(H,25,27)/t17-/m1/s1. The van der Waals surface area contributed by atoms with Gasteiger partial charge in [-0.1, -0.05) is 66.2 Å². The monoisotopic (exact) mass is 387 g/mol. The molecule has 5 heteroatoms. The van der Waals surface area contributed by atoms with E-state index < -0.39 is 18.0 Å². The van der Waals surface area contributed by atoms with E-state index in [-0.39, 0.29) is 16.9 Å². The number of carbonyl (C=O) groups is 3. The van der Waals surface area contributed by atoms with Crippen LogP contribution in [0.15, 0.2) is 78.9 Å². The van der Waals surface area contributed by atoms with Crippen molar-refractivity contribution < 1.29 is 19.1 Å². The van der Waals surface area contributed by atoms with Crippen molar-refractivity contribution in [2.24, 2.45) is 0 Å². The Bertz CT molecular complexity index is 1030. The highest BCUT2D eigenvalue weighted by atomic mass is 16.5. The van der Waals surface area contributed by atoms with Gasteiger partial charge in [0.1, 0.15) is 0 Å². The predicted octanol–water partition coefficient (Wildman–Crippen LogP) is 4.41. The summed E-state index contributed by atoms with van der Waals surface area (Å²) in [6, 6.07) is 22.4. The third kappa shape index (κ3) is 4.96. The molecule has 0 saturated heterocycles. The first-order chi connectivity index (χ1) is 14.0. The quantitative estimate of drug-likeness (QED) is 0.502. The van der Waals surface area contributed by atoms with Crippen LogP contribution < -0.4 is 5.32 Å². The van der Waals surface area contributed by atoms with Crippen LogP contribution in [0.25, 0.3) is 0 Å². The largest absolute Gasteiger partial charge is 0.449 e. The minimum absolute atomic E-state index is 0.123. The van der Waals surface area contributed by atoms with Gasteiger partial charge in [0.2, 0.25) is 0 Å². The normalized spacial score (nSPS) is 11.4. The fourth-order valence-electron chi connectivity index (χ4n) is 2.76. The SMILES string of the molecule is Cc1ccc(C(=O)c2ccccc2C(=O)O[C@H](C)C(=O)Nc2ccccc2)cc1. The number of benzene rings is 3. The van der Waals surface area contributed by atoms with E-state index in [4.69, 9.17) is 4.74 Å². The third-order valence-electron chi connectivity index (χ3n) is 4.40. The van der Waals surface area contributed by atoms with Crippen molar-refractivity contribution in [3.05, 3.63) is 101 Å². The first kappa shape index (κ1) is 20.0. The van der Waals surface area contributed by atoms with Gasteiger partial charge in [-0.2, -0.15) is 0 Å². The summed E-state index contributed by atoms with van der Waals surface area (Å²) in [6.07, 6.45) is -1.02. The molecule has 0 bridgehead atoms. The van der Waals surface area contributed by atoms with Crippen molar-refractivity contribution in [1.82, 2.24) is 0 Å². The first-order valence-corrected chi connectivity index (χ1v) is 9.23. The van der Waals surface area contributed by atoms with Crippen LogP contribution in [0, 0.1) is 6.92 Å². The Morgan fingerprint density at radius 1 is 0.793 bits per heavy atom.